The predicted octanol–water partition coefficient (Wildman–Crippen LogP) is 4.81. The zero-order valence-corrected chi connectivity index (χ0v) is 16.8. The van der Waals surface area contributed by atoms with E-state index in [9.17, 15) is 4.79 Å². The van der Waals surface area contributed by atoms with Gasteiger partial charge in [-0.2, -0.15) is 0 Å². The van der Waals surface area contributed by atoms with E-state index in [0.717, 1.165) is 24.2 Å². The molecule has 6 nitrogen and oxygen atoms in total. The lowest BCUT2D eigenvalue weighted by Gasteiger charge is -2.06. The van der Waals surface area contributed by atoms with Crippen molar-refractivity contribution in [1.82, 2.24) is 10.2 Å². The van der Waals surface area contributed by atoms with Crippen molar-refractivity contribution in [3.8, 4) is 5.75 Å². The van der Waals surface area contributed by atoms with Gasteiger partial charge >= 0.3 is 6.01 Å². The zero-order valence-electron chi connectivity index (χ0n) is 16.0. The Bertz CT molecular complexity index is 892. The van der Waals surface area contributed by atoms with Gasteiger partial charge in [0.2, 0.25) is 5.89 Å². The largest absolute Gasteiger partial charge is 0.494 e. The predicted molar refractivity (Wildman–Crippen MR) is 110 cm³/mol. The maximum absolute atomic E-state index is 12.3. The molecular weight excluding hydrogens is 374 g/mol. The summed E-state index contributed by atoms with van der Waals surface area (Å²) in [6.07, 6.45) is 4.63. The number of benzene rings is 2. The molecule has 146 valence electrons. The maximum atomic E-state index is 12.3. The van der Waals surface area contributed by atoms with E-state index in [1.54, 1.807) is 36.0 Å². The molecule has 28 heavy (non-hydrogen) atoms. The minimum absolute atomic E-state index is 0.0870. The summed E-state index contributed by atoms with van der Waals surface area (Å²) < 4.78 is 11.1. The van der Waals surface area contributed by atoms with Crippen LogP contribution in [0, 0.1) is 0 Å². The molecule has 7 heteroatoms. The summed E-state index contributed by atoms with van der Waals surface area (Å²) in [6, 6.07) is 15.2. The monoisotopic (exact) mass is 397 g/mol. The van der Waals surface area contributed by atoms with Crippen LogP contribution < -0.4 is 10.1 Å². The highest BCUT2D eigenvalue weighted by Gasteiger charge is 2.12. The second kappa shape index (κ2) is 9.94. The van der Waals surface area contributed by atoms with Crippen LogP contribution in [0.5, 0.6) is 5.75 Å². The number of hydrogen-bond acceptors (Lipinski definition) is 6. The number of amides is 1. The number of hydrogen-bond donors (Lipinski definition) is 1. The molecule has 3 rings (SSSR count). The minimum atomic E-state index is -0.306. The number of unbranched alkanes of at least 4 members (excludes halogenated alkanes) is 1. The summed E-state index contributed by atoms with van der Waals surface area (Å²) in [5.41, 5.74) is 1.56. The molecule has 0 bridgehead atoms. The zero-order chi connectivity index (χ0) is 19.8. The Balaban J connectivity index is 1.55. The Labute approximate surface area is 168 Å². The molecule has 0 atom stereocenters. The van der Waals surface area contributed by atoms with Crippen molar-refractivity contribution in [2.75, 3.05) is 18.2 Å². The van der Waals surface area contributed by atoms with Crippen LogP contribution >= 0.6 is 11.8 Å². The first kappa shape index (κ1) is 19.9. The van der Waals surface area contributed by atoms with Gasteiger partial charge in [-0.05, 0) is 54.6 Å². The summed E-state index contributed by atoms with van der Waals surface area (Å²) in [7, 11) is 0. The third kappa shape index (κ3) is 5.60. The lowest BCUT2D eigenvalue weighted by atomic mass is 10.1. The fourth-order valence-electron chi connectivity index (χ4n) is 2.50. The molecule has 0 aliphatic rings. The average Bonchev–Trinajstić information content (AvgIpc) is 3.16. The highest BCUT2D eigenvalue weighted by molar-refractivity contribution is 7.98. The Morgan fingerprint density at radius 1 is 1.11 bits per heavy atom. The fraction of sp³-hybridized carbons (Fsp3) is 0.286. The van der Waals surface area contributed by atoms with Crippen LogP contribution in [0.1, 0.15) is 41.6 Å². The van der Waals surface area contributed by atoms with Crippen molar-refractivity contribution in [3.63, 3.8) is 0 Å². The molecule has 0 spiro atoms. The minimum Gasteiger partial charge on any atom is -0.494 e. The van der Waals surface area contributed by atoms with E-state index in [0.29, 0.717) is 24.5 Å². The highest BCUT2D eigenvalue weighted by atomic mass is 32.2. The maximum Gasteiger partial charge on any atom is 0.322 e. The lowest BCUT2D eigenvalue weighted by molar-refractivity contribution is 0.102. The number of nitrogens with zero attached hydrogens (tertiary/aromatic N) is 2. The first-order valence-corrected chi connectivity index (χ1v) is 10.4. The third-order valence-corrected chi connectivity index (χ3v) is 4.83. The van der Waals surface area contributed by atoms with E-state index in [4.69, 9.17) is 9.15 Å². The van der Waals surface area contributed by atoms with Crippen molar-refractivity contribution in [2.24, 2.45) is 0 Å². The van der Waals surface area contributed by atoms with Gasteiger partial charge in [-0.3, -0.25) is 10.1 Å². The van der Waals surface area contributed by atoms with Crippen LogP contribution in [-0.2, 0) is 6.42 Å². The van der Waals surface area contributed by atoms with Crippen molar-refractivity contribution in [1.29, 1.82) is 0 Å². The van der Waals surface area contributed by atoms with Crippen molar-refractivity contribution in [2.45, 2.75) is 31.1 Å². The van der Waals surface area contributed by atoms with Crippen LogP contribution in [0.15, 0.2) is 57.8 Å². The number of anilines is 1. The summed E-state index contributed by atoms with van der Waals surface area (Å²) >= 11 is 1.69. The van der Waals surface area contributed by atoms with E-state index < -0.39 is 0 Å². The molecule has 0 saturated heterocycles. The first-order chi connectivity index (χ1) is 13.7. The molecule has 3 aromatic rings. The van der Waals surface area contributed by atoms with E-state index in [-0.39, 0.29) is 11.9 Å². The van der Waals surface area contributed by atoms with Crippen LogP contribution in [0.4, 0.5) is 6.01 Å². The number of rotatable bonds is 9. The molecule has 0 radical (unpaired) electrons. The molecular formula is C21H23N3O3S. The van der Waals surface area contributed by atoms with Gasteiger partial charge in [-0.25, -0.2) is 0 Å². The average molecular weight is 398 g/mol. The standard InChI is InChI=1S/C21H23N3O3S/c1-3-4-13-26-17-9-7-16(8-10-17)20(25)22-21-24-23-19(27-21)14-15-5-11-18(28-2)12-6-15/h5-12H,3-4,13-14H2,1-2H3,(H,22,24,25). The van der Waals surface area contributed by atoms with Crippen molar-refractivity contribution < 1.29 is 13.9 Å². The normalized spacial score (nSPS) is 10.6. The molecule has 1 amide bonds. The second-order valence-electron chi connectivity index (χ2n) is 6.21. The summed E-state index contributed by atoms with van der Waals surface area (Å²) in [6.45, 7) is 2.79. The molecule has 0 saturated carbocycles. The number of thioether (sulfide) groups is 1. The Hall–Kier alpha value is -2.80. The molecule has 2 aromatic carbocycles. The summed E-state index contributed by atoms with van der Waals surface area (Å²) in [5, 5.41) is 10.5. The van der Waals surface area contributed by atoms with E-state index >= 15 is 0 Å². The molecule has 1 N–H and O–H groups in total. The first-order valence-electron chi connectivity index (χ1n) is 9.17. The number of ether oxygens (including phenoxy) is 1. The topological polar surface area (TPSA) is 77.2 Å². The van der Waals surface area contributed by atoms with Gasteiger partial charge < -0.3 is 9.15 Å². The van der Waals surface area contributed by atoms with Crippen LogP contribution in [0.25, 0.3) is 0 Å². The van der Waals surface area contributed by atoms with Crippen LogP contribution in [-0.4, -0.2) is 29.0 Å². The fourth-order valence-corrected chi connectivity index (χ4v) is 2.91. The van der Waals surface area contributed by atoms with E-state index in [1.165, 1.54) is 4.90 Å². The number of nitrogens with one attached hydrogen (secondary N) is 1. The molecule has 0 unspecified atom stereocenters. The van der Waals surface area contributed by atoms with Gasteiger partial charge in [0.25, 0.3) is 5.91 Å². The van der Waals surface area contributed by atoms with Gasteiger partial charge in [-0.1, -0.05) is 30.6 Å². The Kier molecular flexibility index (Phi) is 7.08. The second-order valence-corrected chi connectivity index (χ2v) is 7.09. The van der Waals surface area contributed by atoms with E-state index in [1.807, 2.05) is 18.4 Å². The Morgan fingerprint density at radius 2 is 1.86 bits per heavy atom. The lowest BCUT2D eigenvalue weighted by Crippen LogP contribution is -2.12. The highest BCUT2D eigenvalue weighted by Crippen LogP contribution is 2.18. The van der Waals surface area contributed by atoms with Crippen molar-refractivity contribution in [3.05, 3.63) is 65.5 Å². The number of aromatic nitrogens is 2. The Morgan fingerprint density at radius 3 is 2.54 bits per heavy atom. The van der Waals surface area contributed by atoms with Gasteiger partial charge in [0.05, 0.1) is 13.0 Å². The van der Waals surface area contributed by atoms with Gasteiger partial charge in [0, 0.05) is 10.5 Å². The summed E-state index contributed by atoms with van der Waals surface area (Å²) in [5.74, 6) is 0.893. The van der Waals surface area contributed by atoms with Crippen LogP contribution in [0.3, 0.4) is 0 Å². The van der Waals surface area contributed by atoms with E-state index in [2.05, 4.69) is 34.6 Å². The molecule has 1 heterocycles. The quantitative estimate of drug-likeness (QED) is 0.412. The molecule has 1 aromatic heterocycles. The van der Waals surface area contributed by atoms with Crippen LogP contribution in [0.2, 0.25) is 0 Å². The smallest absolute Gasteiger partial charge is 0.322 e. The van der Waals surface area contributed by atoms with Gasteiger partial charge in [-0.15, -0.1) is 16.9 Å². The van der Waals surface area contributed by atoms with Gasteiger partial charge in [0.15, 0.2) is 0 Å². The molecule has 0 aliphatic heterocycles. The number of carbonyl (C=O) groups excluding carboxylic acids is 1. The third-order valence-electron chi connectivity index (χ3n) is 4.08. The molecule has 0 aliphatic carbocycles. The van der Waals surface area contributed by atoms with Crippen molar-refractivity contribution >= 4 is 23.7 Å². The summed E-state index contributed by atoms with van der Waals surface area (Å²) in [4.78, 5) is 13.5. The molecule has 0 fully saturated rings. The SMILES string of the molecule is CCCCOc1ccc(C(=O)Nc2nnc(Cc3ccc(SC)cc3)o2)cc1. The van der Waals surface area contributed by atoms with Gasteiger partial charge in [0.1, 0.15) is 5.75 Å². The number of carbonyl (C=O) groups is 1.